The van der Waals surface area contributed by atoms with Crippen molar-refractivity contribution in [2.45, 2.75) is 47.2 Å². The Balaban J connectivity index is 1.75. The number of para-hydroxylation sites is 2. The molecule has 5 rings (SSSR count). The van der Waals surface area contributed by atoms with E-state index in [0.717, 1.165) is 22.2 Å². The van der Waals surface area contributed by atoms with E-state index in [1.807, 2.05) is 86.9 Å². The summed E-state index contributed by atoms with van der Waals surface area (Å²) in [5.74, 6) is 0.101. The maximum Gasteiger partial charge on any atom is 0.325 e. The molecule has 0 aliphatic carbocycles. The van der Waals surface area contributed by atoms with Gasteiger partial charge in [0.15, 0.2) is 4.80 Å². The molecule has 10 heteroatoms. The molecule has 0 fully saturated rings. The van der Waals surface area contributed by atoms with Crippen molar-refractivity contribution in [3.05, 3.63) is 96.3 Å². The van der Waals surface area contributed by atoms with Crippen LogP contribution in [0.2, 0.25) is 0 Å². The summed E-state index contributed by atoms with van der Waals surface area (Å²) in [7, 11) is 1.58. The molecule has 4 aromatic rings. The van der Waals surface area contributed by atoms with Gasteiger partial charge in [-0.2, -0.15) is 0 Å². The van der Waals surface area contributed by atoms with Gasteiger partial charge in [0, 0.05) is 40.8 Å². The minimum atomic E-state index is -0.714. The Bertz CT molecular complexity index is 1930. The molecule has 0 bridgehead atoms. The van der Waals surface area contributed by atoms with Crippen molar-refractivity contribution in [2.24, 2.45) is 4.99 Å². The quantitative estimate of drug-likeness (QED) is 0.271. The van der Waals surface area contributed by atoms with Gasteiger partial charge in [0.05, 0.1) is 29.5 Å². The van der Waals surface area contributed by atoms with Crippen LogP contribution in [0.3, 0.4) is 0 Å². The maximum absolute atomic E-state index is 14.3. The molecule has 1 amide bonds. The molecule has 224 valence electrons. The van der Waals surface area contributed by atoms with E-state index < -0.39 is 6.04 Å². The van der Waals surface area contributed by atoms with Gasteiger partial charge >= 0.3 is 5.97 Å². The third kappa shape index (κ3) is 5.31. The monoisotopic (exact) mass is 600 g/mol. The van der Waals surface area contributed by atoms with Crippen LogP contribution >= 0.6 is 11.3 Å². The number of benzene rings is 2. The molecule has 0 saturated heterocycles. The van der Waals surface area contributed by atoms with Gasteiger partial charge in [0.1, 0.15) is 18.3 Å². The Kier molecular flexibility index (Phi) is 8.68. The van der Waals surface area contributed by atoms with Crippen molar-refractivity contribution in [3.8, 4) is 5.75 Å². The van der Waals surface area contributed by atoms with E-state index >= 15 is 0 Å². The average molecular weight is 601 g/mol. The van der Waals surface area contributed by atoms with Gasteiger partial charge in [-0.05, 0) is 52.8 Å². The molecule has 1 atom stereocenters. The number of amides is 1. The van der Waals surface area contributed by atoms with E-state index in [2.05, 4.69) is 0 Å². The first-order valence-corrected chi connectivity index (χ1v) is 15.2. The van der Waals surface area contributed by atoms with Crippen LogP contribution < -0.4 is 19.6 Å². The van der Waals surface area contributed by atoms with E-state index in [-0.39, 0.29) is 24.0 Å². The third-order valence-corrected chi connectivity index (χ3v) is 8.87. The van der Waals surface area contributed by atoms with E-state index in [4.69, 9.17) is 14.5 Å². The summed E-state index contributed by atoms with van der Waals surface area (Å²) in [6, 6.07) is 14.6. The van der Waals surface area contributed by atoms with Crippen LogP contribution in [-0.4, -0.2) is 52.7 Å². The van der Waals surface area contributed by atoms with Crippen LogP contribution in [0.15, 0.2) is 69.6 Å². The van der Waals surface area contributed by atoms with E-state index in [0.29, 0.717) is 51.6 Å². The summed E-state index contributed by atoms with van der Waals surface area (Å²) in [6.45, 7) is 10.8. The normalized spacial score (nSPS) is 14.9. The van der Waals surface area contributed by atoms with Crippen molar-refractivity contribution in [1.29, 1.82) is 0 Å². The van der Waals surface area contributed by atoms with Gasteiger partial charge in [-0.15, -0.1) is 0 Å². The number of thiazole rings is 1. The number of fused-ring (bicyclic) bond motifs is 2. The standard InChI is InChI=1S/C33H36N4O5S/c1-7-35(8-2)32(40)29-20(4)34-33-37(30(29)23-15-11-13-17-26(23)41-6)31(39)27(43-33)18-24-21(5)36(19-28(38)42-9-3)25-16-12-10-14-22(24)25/h10-18,30H,7-9,19H2,1-6H3/b27-18+/t30-/m1/s1. The summed E-state index contributed by atoms with van der Waals surface area (Å²) < 4.78 is 14.9. The lowest BCUT2D eigenvalue weighted by Gasteiger charge is -2.29. The molecule has 2 aromatic carbocycles. The number of esters is 1. The number of aromatic nitrogens is 2. The number of methoxy groups -OCH3 is 1. The molecule has 43 heavy (non-hydrogen) atoms. The van der Waals surface area contributed by atoms with Crippen LogP contribution in [0.5, 0.6) is 5.75 Å². The second-order valence-electron chi connectivity index (χ2n) is 10.2. The zero-order valence-electron chi connectivity index (χ0n) is 25.3. The molecular formula is C33H36N4O5S. The van der Waals surface area contributed by atoms with Gasteiger partial charge in [-0.1, -0.05) is 47.7 Å². The number of hydrogen-bond acceptors (Lipinski definition) is 7. The summed E-state index contributed by atoms with van der Waals surface area (Å²) in [6.07, 6.45) is 1.87. The highest BCUT2D eigenvalue weighted by Gasteiger charge is 2.35. The molecule has 2 aromatic heterocycles. The van der Waals surface area contributed by atoms with Crippen LogP contribution in [0, 0.1) is 6.92 Å². The van der Waals surface area contributed by atoms with Crippen molar-refractivity contribution in [2.75, 3.05) is 26.8 Å². The Morgan fingerprint density at radius 2 is 1.74 bits per heavy atom. The van der Waals surface area contributed by atoms with E-state index in [9.17, 15) is 14.4 Å². The number of hydrogen-bond donors (Lipinski definition) is 0. The first-order chi connectivity index (χ1) is 20.7. The summed E-state index contributed by atoms with van der Waals surface area (Å²) in [4.78, 5) is 47.7. The smallest absolute Gasteiger partial charge is 0.325 e. The number of likely N-dealkylation sites (N-methyl/N-ethyl adjacent to an activating group) is 1. The summed E-state index contributed by atoms with van der Waals surface area (Å²) >= 11 is 1.28. The topological polar surface area (TPSA) is 95.1 Å². The fourth-order valence-electron chi connectivity index (χ4n) is 5.77. The van der Waals surface area contributed by atoms with Crippen molar-refractivity contribution >= 4 is 40.2 Å². The van der Waals surface area contributed by atoms with E-state index in [1.165, 1.54) is 11.3 Å². The molecule has 1 aliphatic heterocycles. The zero-order chi connectivity index (χ0) is 30.8. The third-order valence-electron chi connectivity index (χ3n) is 7.88. The Morgan fingerprint density at radius 1 is 1.05 bits per heavy atom. The highest BCUT2D eigenvalue weighted by Crippen LogP contribution is 2.36. The number of nitrogens with zero attached hydrogens (tertiary/aromatic N) is 4. The lowest BCUT2D eigenvalue weighted by molar-refractivity contribution is -0.143. The minimum Gasteiger partial charge on any atom is -0.496 e. The summed E-state index contributed by atoms with van der Waals surface area (Å²) in [5.41, 5.74) is 4.05. The average Bonchev–Trinajstić information content (AvgIpc) is 3.45. The molecule has 3 heterocycles. The van der Waals surface area contributed by atoms with Crippen LogP contribution in [0.4, 0.5) is 0 Å². The van der Waals surface area contributed by atoms with Gasteiger partial charge in [-0.3, -0.25) is 19.0 Å². The maximum atomic E-state index is 14.3. The SMILES string of the molecule is CCOC(=O)Cn1c(C)c(/C=c2/sc3n(c2=O)[C@H](c2ccccc2OC)C(C(=O)N(CC)CC)=C(C)N=3)c2ccccc21. The number of allylic oxidation sites excluding steroid dienone is 1. The highest BCUT2D eigenvalue weighted by molar-refractivity contribution is 7.07. The van der Waals surface area contributed by atoms with Crippen LogP contribution in [0.1, 0.15) is 50.6 Å². The van der Waals surface area contributed by atoms with Gasteiger partial charge in [-0.25, -0.2) is 4.99 Å². The van der Waals surface area contributed by atoms with Crippen molar-refractivity contribution in [3.63, 3.8) is 0 Å². The molecule has 1 aliphatic rings. The molecule has 0 saturated carbocycles. The summed E-state index contributed by atoms with van der Waals surface area (Å²) in [5, 5.41) is 0.921. The predicted octanol–water partition coefficient (Wildman–Crippen LogP) is 3.94. The predicted molar refractivity (Wildman–Crippen MR) is 168 cm³/mol. The van der Waals surface area contributed by atoms with Gasteiger partial charge < -0.3 is 18.9 Å². The van der Waals surface area contributed by atoms with Crippen LogP contribution in [0.25, 0.3) is 17.0 Å². The number of ether oxygens (including phenoxy) is 2. The second-order valence-corrected chi connectivity index (χ2v) is 11.2. The highest BCUT2D eigenvalue weighted by atomic mass is 32.1. The fourth-order valence-corrected chi connectivity index (χ4v) is 6.80. The Labute approximate surface area is 254 Å². The number of rotatable bonds is 9. The Morgan fingerprint density at radius 3 is 2.44 bits per heavy atom. The van der Waals surface area contributed by atoms with E-state index in [1.54, 1.807) is 23.5 Å². The zero-order valence-corrected chi connectivity index (χ0v) is 26.2. The van der Waals surface area contributed by atoms with Crippen LogP contribution in [-0.2, 0) is 20.9 Å². The van der Waals surface area contributed by atoms with Crippen molar-refractivity contribution in [1.82, 2.24) is 14.0 Å². The lowest BCUT2D eigenvalue weighted by Crippen LogP contribution is -2.43. The minimum absolute atomic E-state index is 0.0686. The number of carbonyl (C=O) groups excluding carboxylic acids is 2. The second kappa shape index (κ2) is 12.4. The molecule has 0 spiro atoms. The van der Waals surface area contributed by atoms with Crippen molar-refractivity contribution < 1.29 is 19.1 Å². The fraction of sp³-hybridized carbons (Fsp3) is 0.333. The molecule has 0 radical (unpaired) electrons. The first-order valence-electron chi connectivity index (χ1n) is 14.4. The largest absolute Gasteiger partial charge is 0.496 e. The molecule has 0 unspecified atom stereocenters. The molecule has 0 N–H and O–H groups in total. The lowest BCUT2D eigenvalue weighted by atomic mass is 9.94. The first kappa shape index (κ1) is 30.0. The molecule has 9 nitrogen and oxygen atoms in total. The Hall–Kier alpha value is -4.44. The van der Waals surface area contributed by atoms with Gasteiger partial charge in [0.25, 0.3) is 11.5 Å². The number of carbonyl (C=O) groups is 2. The van der Waals surface area contributed by atoms with Gasteiger partial charge in [0.2, 0.25) is 0 Å². The molecular weight excluding hydrogens is 564 g/mol.